The molecule has 0 unspecified atom stereocenters. The minimum absolute atomic E-state index is 0.281. The average Bonchev–Trinajstić information content (AvgIpc) is 3.41. The number of rotatable bonds is 4. The van der Waals surface area contributed by atoms with Crippen LogP contribution in [0.25, 0.3) is 33.1 Å². The van der Waals surface area contributed by atoms with E-state index >= 15 is 0 Å². The largest absolute Gasteiger partial charge is 0.450 e. The highest BCUT2D eigenvalue weighted by molar-refractivity contribution is 6.11. The van der Waals surface area contributed by atoms with Gasteiger partial charge in [-0.2, -0.15) is 0 Å². The number of anilines is 1. The molecule has 6 rings (SSSR count). The third kappa shape index (κ3) is 2.97. The fourth-order valence-corrected chi connectivity index (χ4v) is 4.04. The van der Waals surface area contributed by atoms with Gasteiger partial charge in [0.15, 0.2) is 11.6 Å². The van der Waals surface area contributed by atoms with Crippen LogP contribution in [0.4, 0.5) is 5.69 Å². The van der Waals surface area contributed by atoms with Crippen molar-refractivity contribution in [1.29, 1.82) is 0 Å². The summed E-state index contributed by atoms with van der Waals surface area (Å²) in [5, 5.41) is 18.1. The molecule has 0 saturated heterocycles. The van der Waals surface area contributed by atoms with Gasteiger partial charge in [0.05, 0.1) is 6.04 Å². The summed E-state index contributed by atoms with van der Waals surface area (Å²) in [7, 11) is 0. The monoisotopic (exact) mass is 409 g/mol. The standard InChI is InChI=1S/C24H19N5O2/c1-14-19-12-9-15-5-2-3-8-20(15)22(19)31-21(14)24(30)25-17-7-4-6-16(13-17)23-26-27-28-29(23)18-10-11-18/h2-9,12-13,18H,10-11H2,1H3,(H,25,30). The fraction of sp³-hybridized carbons (Fsp3) is 0.167. The van der Waals surface area contributed by atoms with Crippen molar-refractivity contribution in [1.82, 2.24) is 20.2 Å². The number of carbonyl (C=O) groups excluding carboxylic acids is 1. The van der Waals surface area contributed by atoms with Crippen molar-refractivity contribution in [3.63, 3.8) is 0 Å². The third-order valence-electron chi connectivity index (χ3n) is 5.80. The molecule has 7 heteroatoms. The van der Waals surface area contributed by atoms with E-state index in [1.165, 1.54) is 0 Å². The van der Waals surface area contributed by atoms with Crippen molar-refractivity contribution in [2.24, 2.45) is 0 Å². The van der Waals surface area contributed by atoms with Crippen LogP contribution in [0.3, 0.4) is 0 Å². The highest BCUT2D eigenvalue weighted by atomic mass is 16.3. The summed E-state index contributed by atoms with van der Waals surface area (Å²) >= 11 is 0. The second kappa shape index (κ2) is 6.77. The van der Waals surface area contributed by atoms with Gasteiger partial charge < -0.3 is 9.73 Å². The quantitative estimate of drug-likeness (QED) is 0.444. The van der Waals surface area contributed by atoms with Crippen molar-refractivity contribution in [2.75, 3.05) is 5.32 Å². The van der Waals surface area contributed by atoms with Gasteiger partial charge in [-0.3, -0.25) is 4.79 Å². The van der Waals surface area contributed by atoms with Crippen LogP contribution in [0, 0.1) is 6.92 Å². The number of hydrogen-bond donors (Lipinski definition) is 1. The molecule has 2 heterocycles. The topological polar surface area (TPSA) is 85.8 Å². The molecule has 1 saturated carbocycles. The van der Waals surface area contributed by atoms with Crippen molar-refractivity contribution < 1.29 is 9.21 Å². The number of fused-ring (bicyclic) bond motifs is 3. The lowest BCUT2D eigenvalue weighted by atomic mass is 10.1. The van der Waals surface area contributed by atoms with Gasteiger partial charge in [-0.25, -0.2) is 4.68 Å². The maximum Gasteiger partial charge on any atom is 0.291 e. The summed E-state index contributed by atoms with van der Waals surface area (Å²) < 4.78 is 7.92. The molecule has 1 amide bonds. The molecule has 0 spiro atoms. The van der Waals surface area contributed by atoms with Gasteiger partial charge in [-0.15, -0.1) is 5.10 Å². The van der Waals surface area contributed by atoms with E-state index in [4.69, 9.17) is 4.42 Å². The number of tetrazole rings is 1. The van der Waals surface area contributed by atoms with Crippen LogP contribution in [0.15, 0.2) is 65.1 Å². The number of aromatic nitrogens is 4. The third-order valence-corrected chi connectivity index (χ3v) is 5.80. The lowest BCUT2D eigenvalue weighted by molar-refractivity contribution is 0.0998. The van der Waals surface area contributed by atoms with Crippen molar-refractivity contribution in [3.8, 4) is 11.4 Å². The van der Waals surface area contributed by atoms with Gasteiger partial charge in [0.1, 0.15) is 5.58 Å². The van der Waals surface area contributed by atoms with E-state index in [9.17, 15) is 4.79 Å². The molecule has 2 aromatic heterocycles. The minimum atomic E-state index is -0.281. The zero-order valence-corrected chi connectivity index (χ0v) is 16.9. The fourth-order valence-electron chi connectivity index (χ4n) is 4.04. The van der Waals surface area contributed by atoms with E-state index in [0.717, 1.165) is 45.7 Å². The number of hydrogen-bond acceptors (Lipinski definition) is 5. The number of nitrogens with zero attached hydrogens (tertiary/aromatic N) is 4. The van der Waals surface area contributed by atoms with Crippen LogP contribution in [-0.4, -0.2) is 26.1 Å². The molecule has 31 heavy (non-hydrogen) atoms. The SMILES string of the molecule is Cc1c(C(=O)Nc2cccc(-c3nnnn3C3CC3)c2)oc2c1ccc1ccccc12. The first kappa shape index (κ1) is 17.8. The number of amides is 1. The van der Waals surface area contributed by atoms with Gasteiger partial charge in [0.25, 0.3) is 5.91 Å². The summed E-state index contributed by atoms with van der Waals surface area (Å²) in [4.78, 5) is 13.1. The summed E-state index contributed by atoms with van der Waals surface area (Å²) in [6, 6.07) is 20.0. The van der Waals surface area contributed by atoms with Crippen LogP contribution in [0.2, 0.25) is 0 Å². The molecule has 3 aromatic carbocycles. The van der Waals surface area contributed by atoms with E-state index < -0.39 is 0 Å². The molecule has 5 aromatic rings. The Balaban J connectivity index is 1.34. The zero-order chi connectivity index (χ0) is 20.9. The van der Waals surface area contributed by atoms with Gasteiger partial charge in [0.2, 0.25) is 0 Å². The molecule has 152 valence electrons. The molecule has 1 fully saturated rings. The second-order valence-electron chi connectivity index (χ2n) is 7.93. The zero-order valence-electron chi connectivity index (χ0n) is 16.9. The Morgan fingerprint density at radius 2 is 1.94 bits per heavy atom. The lowest BCUT2D eigenvalue weighted by Crippen LogP contribution is -2.12. The second-order valence-corrected chi connectivity index (χ2v) is 7.93. The summed E-state index contributed by atoms with van der Waals surface area (Å²) in [5.41, 5.74) is 3.09. The summed E-state index contributed by atoms with van der Waals surface area (Å²) in [6.45, 7) is 1.91. The molecule has 1 N–H and O–H groups in total. The summed E-state index contributed by atoms with van der Waals surface area (Å²) in [6.07, 6.45) is 2.18. The molecule has 1 aliphatic carbocycles. The van der Waals surface area contributed by atoms with Crippen molar-refractivity contribution in [2.45, 2.75) is 25.8 Å². The van der Waals surface area contributed by atoms with Gasteiger partial charge in [0, 0.05) is 27.6 Å². The van der Waals surface area contributed by atoms with E-state index in [1.807, 2.05) is 66.2 Å². The lowest BCUT2D eigenvalue weighted by Gasteiger charge is -2.07. The number of aryl methyl sites for hydroxylation is 1. The first-order valence-electron chi connectivity index (χ1n) is 10.3. The Bertz CT molecular complexity index is 1460. The minimum Gasteiger partial charge on any atom is -0.450 e. The Morgan fingerprint density at radius 1 is 1.06 bits per heavy atom. The average molecular weight is 409 g/mol. The van der Waals surface area contributed by atoms with Gasteiger partial charge >= 0.3 is 0 Å². The predicted octanol–water partition coefficient (Wildman–Crippen LogP) is 5.14. The first-order chi connectivity index (χ1) is 15.2. The number of nitrogens with one attached hydrogen (secondary N) is 1. The maximum atomic E-state index is 13.1. The highest BCUT2D eigenvalue weighted by Crippen LogP contribution is 2.37. The number of furan rings is 1. The Labute approximate surface area is 177 Å². The molecular formula is C24H19N5O2. The number of benzene rings is 3. The summed E-state index contributed by atoms with van der Waals surface area (Å²) in [5.74, 6) is 0.751. The van der Waals surface area contributed by atoms with E-state index in [1.54, 1.807) is 0 Å². The number of carbonyl (C=O) groups is 1. The first-order valence-corrected chi connectivity index (χ1v) is 10.3. The normalized spacial score (nSPS) is 13.7. The van der Waals surface area contributed by atoms with Crippen LogP contribution >= 0.6 is 0 Å². The Kier molecular flexibility index (Phi) is 3.89. The Hall–Kier alpha value is -4.00. The smallest absolute Gasteiger partial charge is 0.291 e. The van der Waals surface area contributed by atoms with Crippen LogP contribution in [-0.2, 0) is 0 Å². The van der Waals surface area contributed by atoms with Crippen LogP contribution < -0.4 is 5.32 Å². The van der Waals surface area contributed by atoms with Crippen molar-refractivity contribution in [3.05, 3.63) is 72.0 Å². The highest BCUT2D eigenvalue weighted by Gasteiger charge is 2.28. The van der Waals surface area contributed by atoms with E-state index in [2.05, 4.69) is 26.9 Å². The molecule has 0 radical (unpaired) electrons. The van der Waals surface area contributed by atoms with E-state index in [0.29, 0.717) is 23.3 Å². The molecule has 0 aliphatic heterocycles. The molecule has 0 atom stereocenters. The Morgan fingerprint density at radius 3 is 2.81 bits per heavy atom. The molecule has 0 bridgehead atoms. The molecular weight excluding hydrogens is 390 g/mol. The maximum absolute atomic E-state index is 13.1. The molecule has 7 nitrogen and oxygen atoms in total. The van der Waals surface area contributed by atoms with E-state index in [-0.39, 0.29) is 5.91 Å². The predicted molar refractivity (Wildman–Crippen MR) is 118 cm³/mol. The van der Waals surface area contributed by atoms with Gasteiger partial charge in [-0.05, 0) is 47.7 Å². The van der Waals surface area contributed by atoms with Crippen molar-refractivity contribution >= 4 is 33.3 Å². The van der Waals surface area contributed by atoms with Gasteiger partial charge in [-0.1, -0.05) is 48.5 Å². The molecule has 1 aliphatic rings. The van der Waals surface area contributed by atoms with Crippen LogP contribution in [0.1, 0.15) is 35.0 Å². The van der Waals surface area contributed by atoms with Crippen LogP contribution in [0.5, 0.6) is 0 Å².